The van der Waals surface area contributed by atoms with Crippen molar-refractivity contribution in [2.45, 2.75) is 12.7 Å². The third-order valence-electron chi connectivity index (χ3n) is 3.04. The van der Waals surface area contributed by atoms with Gasteiger partial charge in [0, 0.05) is 17.8 Å². The zero-order valence-corrected chi connectivity index (χ0v) is 13.9. The summed E-state index contributed by atoms with van der Waals surface area (Å²) in [5.74, 6) is -0.264. The van der Waals surface area contributed by atoms with E-state index < -0.39 is 21.9 Å². The van der Waals surface area contributed by atoms with Crippen molar-refractivity contribution in [3.8, 4) is 11.3 Å². The highest BCUT2D eigenvalue weighted by Crippen LogP contribution is 2.33. The lowest BCUT2D eigenvalue weighted by atomic mass is 10.1. The number of alkyl halides is 3. The zero-order valence-electron chi connectivity index (χ0n) is 12.3. The van der Waals surface area contributed by atoms with E-state index in [9.17, 15) is 21.6 Å². The lowest BCUT2D eigenvalue weighted by Crippen LogP contribution is -2.40. The summed E-state index contributed by atoms with van der Waals surface area (Å²) in [5, 5.41) is 3.82. The van der Waals surface area contributed by atoms with E-state index >= 15 is 0 Å². The van der Waals surface area contributed by atoms with Crippen LogP contribution in [0.15, 0.2) is 30.7 Å². The molecule has 24 heavy (non-hydrogen) atoms. The summed E-state index contributed by atoms with van der Waals surface area (Å²) in [6.07, 6.45) is -1.04. The Labute approximate surface area is 141 Å². The van der Waals surface area contributed by atoms with Crippen molar-refractivity contribution in [1.82, 2.24) is 10.1 Å². The second-order valence-electron chi connectivity index (χ2n) is 4.66. The van der Waals surface area contributed by atoms with Gasteiger partial charge in [-0.1, -0.05) is 16.3 Å². The molecule has 2 aromatic rings. The topological polar surface area (TPSA) is 73.0 Å². The quantitative estimate of drug-likeness (QED) is 0.584. The van der Waals surface area contributed by atoms with Gasteiger partial charge in [0.1, 0.15) is 11.9 Å². The van der Waals surface area contributed by atoms with Gasteiger partial charge in [-0.2, -0.15) is 21.6 Å². The molecule has 6 nitrogen and oxygen atoms in total. The number of hydrogen-bond donors (Lipinski definition) is 0. The molecular formula is C13H12ClF3N3O3S+. The van der Waals surface area contributed by atoms with Crippen LogP contribution in [0.4, 0.5) is 13.2 Å². The predicted octanol–water partition coefficient (Wildman–Crippen LogP) is 2.08. The minimum Gasteiger partial charge on any atom is -0.273 e. The maximum absolute atomic E-state index is 12.6. The summed E-state index contributed by atoms with van der Waals surface area (Å²) in [5.41, 5.74) is -0.395. The second kappa shape index (κ2) is 6.99. The summed E-state index contributed by atoms with van der Waals surface area (Å²) in [6.45, 7) is 0.0601. The third kappa shape index (κ3) is 4.62. The molecule has 0 aromatic carbocycles. The lowest BCUT2D eigenvalue weighted by Gasteiger charge is -2.08. The van der Waals surface area contributed by atoms with Crippen molar-refractivity contribution in [3.63, 3.8) is 0 Å². The summed E-state index contributed by atoms with van der Waals surface area (Å²) >= 11 is 5.86. The molecule has 0 radical (unpaired) electrons. The molecule has 0 aliphatic rings. The maximum Gasteiger partial charge on any atom is 0.417 e. The molecule has 0 fully saturated rings. The van der Waals surface area contributed by atoms with Crippen LogP contribution in [0, 0.1) is 0 Å². The molecule has 0 atom stereocenters. The molecule has 0 unspecified atom stereocenters. The van der Waals surface area contributed by atoms with Gasteiger partial charge in [0.2, 0.25) is 0 Å². The van der Waals surface area contributed by atoms with Crippen molar-refractivity contribution in [2.24, 2.45) is 0 Å². The normalized spacial score (nSPS) is 12.4. The average molecular weight is 383 g/mol. The van der Waals surface area contributed by atoms with Gasteiger partial charge < -0.3 is 0 Å². The Morgan fingerprint density at radius 1 is 1.33 bits per heavy atom. The Hall–Kier alpha value is -1.78. The number of rotatable bonds is 5. The number of pyridine rings is 1. The summed E-state index contributed by atoms with van der Waals surface area (Å²) < 4.78 is 65.9. The summed E-state index contributed by atoms with van der Waals surface area (Å²) in [7, 11) is -2.54. The minimum absolute atomic E-state index is 0.0601. The number of aromatic nitrogens is 3. The van der Waals surface area contributed by atoms with Crippen molar-refractivity contribution in [1.29, 1.82) is 0 Å². The highest BCUT2D eigenvalue weighted by molar-refractivity contribution is 7.86. The molecule has 0 saturated carbocycles. The highest BCUT2D eigenvalue weighted by atomic mass is 35.5. The van der Waals surface area contributed by atoms with E-state index in [4.69, 9.17) is 11.6 Å². The molecule has 2 heterocycles. The van der Waals surface area contributed by atoms with E-state index in [1.807, 2.05) is 0 Å². The van der Waals surface area contributed by atoms with Gasteiger partial charge in [-0.15, -0.1) is 0 Å². The van der Waals surface area contributed by atoms with Crippen molar-refractivity contribution in [2.75, 3.05) is 12.9 Å². The Bertz CT molecular complexity index is 827. The fourth-order valence-electron chi connectivity index (χ4n) is 1.75. The van der Waals surface area contributed by atoms with Crippen LogP contribution in [0.25, 0.3) is 11.3 Å². The van der Waals surface area contributed by atoms with Crippen LogP contribution in [-0.4, -0.2) is 31.4 Å². The first-order valence-corrected chi connectivity index (χ1v) is 8.45. The van der Waals surface area contributed by atoms with Gasteiger partial charge in [0.15, 0.2) is 12.7 Å². The first kappa shape index (κ1) is 18.6. The first-order valence-electron chi connectivity index (χ1n) is 6.49. The van der Waals surface area contributed by atoms with Gasteiger partial charge in [0.05, 0.1) is 23.4 Å². The van der Waals surface area contributed by atoms with Crippen LogP contribution in [0.1, 0.15) is 5.56 Å². The van der Waals surface area contributed by atoms with Gasteiger partial charge in [-0.3, -0.25) is 9.17 Å². The van der Waals surface area contributed by atoms with Crippen LogP contribution in [0.5, 0.6) is 0 Å². The van der Waals surface area contributed by atoms with E-state index in [1.54, 1.807) is 0 Å². The van der Waals surface area contributed by atoms with Crippen LogP contribution in [-0.2, 0) is 27.0 Å². The smallest absolute Gasteiger partial charge is 0.273 e. The highest BCUT2D eigenvalue weighted by Gasteiger charge is 2.31. The molecular weight excluding hydrogens is 371 g/mol. The van der Waals surface area contributed by atoms with Crippen molar-refractivity contribution < 1.29 is 30.5 Å². The van der Waals surface area contributed by atoms with Crippen molar-refractivity contribution in [3.05, 3.63) is 41.3 Å². The molecule has 0 aliphatic heterocycles. The molecule has 0 spiro atoms. The van der Waals surface area contributed by atoms with Gasteiger partial charge in [-0.25, -0.2) is 0 Å². The van der Waals surface area contributed by atoms with E-state index in [1.165, 1.54) is 23.1 Å². The first-order chi connectivity index (χ1) is 11.1. The number of nitrogens with zero attached hydrogens (tertiary/aromatic N) is 3. The second-order valence-corrected chi connectivity index (χ2v) is 6.92. The largest absolute Gasteiger partial charge is 0.417 e. The third-order valence-corrected chi connectivity index (χ3v) is 4.52. The van der Waals surface area contributed by atoms with Gasteiger partial charge in [0.25, 0.3) is 10.1 Å². The Balaban J connectivity index is 2.19. The molecule has 2 rings (SSSR count). The lowest BCUT2D eigenvalue weighted by molar-refractivity contribution is -0.750. The van der Waals surface area contributed by atoms with Crippen LogP contribution >= 0.6 is 11.6 Å². The van der Waals surface area contributed by atoms with Gasteiger partial charge >= 0.3 is 6.18 Å². The fraction of sp³-hybridized carbons (Fsp3) is 0.308. The fourth-order valence-corrected chi connectivity index (χ4v) is 2.60. The predicted molar refractivity (Wildman–Crippen MR) is 78.5 cm³/mol. The SMILES string of the molecule is COS(=O)(=O)CC[n+]1ccc(-c2ncc(C(F)(F)F)cc2Cl)cn1. The molecule has 0 bridgehead atoms. The van der Waals surface area contributed by atoms with E-state index in [0.29, 0.717) is 11.8 Å². The number of aryl methyl sites for hydroxylation is 1. The van der Waals surface area contributed by atoms with E-state index in [2.05, 4.69) is 14.3 Å². The van der Waals surface area contributed by atoms with Crippen molar-refractivity contribution >= 4 is 21.7 Å². The molecule has 11 heteroatoms. The molecule has 2 aromatic heterocycles. The summed E-state index contributed by atoms with van der Waals surface area (Å²) in [6, 6.07) is 2.31. The summed E-state index contributed by atoms with van der Waals surface area (Å²) in [4.78, 5) is 3.73. The maximum atomic E-state index is 12.6. The molecule has 0 amide bonds. The van der Waals surface area contributed by atoms with E-state index in [0.717, 1.165) is 13.2 Å². The Morgan fingerprint density at radius 2 is 2.04 bits per heavy atom. The monoisotopic (exact) mass is 382 g/mol. The molecule has 130 valence electrons. The Morgan fingerprint density at radius 3 is 2.54 bits per heavy atom. The number of halogens is 4. The van der Waals surface area contributed by atoms with E-state index in [-0.39, 0.29) is 23.0 Å². The Kier molecular flexibility index (Phi) is 5.41. The minimum atomic E-state index is -4.53. The van der Waals surface area contributed by atoms with Crippen LogP contribution in [0.2, 0.25) is 5.02 Å². The van der Waals surface area contributed by atoms with Gasteiger partial charge in [-0.05, 0) is 11.2 Å². The zero-order chi connectivity index (χ0) is 18.0. The van der Waals surface area contributed by atoms with Crippen LogP contribution < -0.4 is 4.68 Å². The molecule has 0 N–H and O–H groups in total. The standard InChI is InChI=1S/C13H12ClF3N3O3S/c1-23-24(21,22)5-4-20-3-2-9(7-19-20)12-11(14)6-10(8-18-12)13(15,16)17/h2-3,6-8H,4-5H2,1H3/q+1. The average Bonchev–Trinajstić information content (AvgIpc) is 2.53. The number of hydrogen-bond acceptors (Lipinski definition) is 5. The molecule has 0 aliphatic carbocycles. The molecule has 0 saturated heterocycles. The van der Waals surface area contributed by atoms with Crippen LogP contribution in [0.3, 0.4) is 0 Å².